The monoisotopic (exact) mass is 776 g/mol. The molecule has 47 heavy (non-hydrogen) atoms. The van der Waals surface area contributed by atoms with Crippen molar-refractivity contribution in [3.63, 3.8) is 0 Å². The molecule has 0 bridgehead atoms. The van der Waals surface area contributed by atoms with Crippen LogP contribution in [0.1, 0.15) is 22.8 Å². The second-order valence-electron chi connectivity index (χ2n) is 8.76. The van der Waals surface area contributed by atoms with Crippen LogP contribution in [0.15, 0.2) is 71.2 Å². The number of aromatic nitrogens is 8. The Hall–Kier alpha value is -3.54. The van der Waals surface area contributed by atoms with Gasteiger partial charge >= 0.3 is 83.0 Å². The summed E-state index contributed by atoms with van der Waals surface area (Å²) in [7, 11) is -17.7. The molecule has 4 aromatic heterocycles. The fourth-order valence-corrected chi connectivity index (χ4v) is 2.62. The molecule has 0 spiro atoms. The number of hydrogen-bond donors (Lipinski definition) is 0. The molecule has 4 heterocycles. The number of pyridine rings is 2. The number of aliphatic imine (C=N–C) groups is 2. The van der Waals surface area contributed by atoms with E-state index in [0.29, 0.717) is 13.1 Å². The fraction of sp³-hybridized carbons (Fsp3) is 0.273. The van der Waals surface area contributed by atoms with Crippen molar-refractivity contribution < 1.29 is 67.4 Å². The summed E-state index contributed by atoms with van der Waals surface area (Å²) in [5.41, 5.74) is 3.67. The topological polar surface area (TPSA) is 112 Å². The van der Waals surface area contributed by atoms with Crippen molar-refractivity contribution in [1.29, 1.82) is 0 Å². The average Bonchev–Trinajstić information content (AvgIpc) is 3.50. The third kappa shape index (κ3) is 35.2. The quantitative estimate of drug-likeness (QED) is 0.0768. The first-order chi connectivity index (χ1) is 20.6. The molecule has 0 amide bonds. The van der Waals surface area contributed by atoms with Gasteiger partial charge in [0.15, 0.2) is 0 Å². The van der Waals surface area contributed by atoms with Crippen LogP contribution in [-0.2, 0) is 44.0 Å². The summed E-state index contributed by atoms with van der Waals surface area (Å²) in [4.78, 5) is 17.0. The summed E-state index contributed by atoms with van der Waals surface area (Å²) in [5.74, 6) is 0. The van der Waals surface area contributed by atoms with Crippen molar-refractivity contribution >= 4 is 28.0 Å². The predicted molar refractivity (Wildman–Crippen MR) is 150 cm³/mol. The first-order valence-electron chi connectivity index (χ1n) is 12.2. The maximum atomic E-state index is 9.87. The van der Waals surface area contributed by atoms with Crippen molar-refractivity contribution in [2.45, 2.75) is 12.8 Å². The summed E-state index contributed by atoms with van der Waals surface area (Å²) >= 11 is 0. The minimum atomic E-state index is -10.7. The summed E-state index contributed by atoms with van der Waals surface area (Å²) in [5, 5.41) is 15.4. The third-order valence-corrected chi connectivity index (χ3v) is 4.13. The van der Waals surface area contributed by atoms with Crippen molar-refractivity contribution in [3.05, 3.63) is 84.0 Å². The summed E-state index contributed by atoms with van der Waals surface area (Å²) < 4.78 is 122. The van der Waals surface area contributed by atoms with Crippen LogP contribution in [0.3, 0.4) is 0 Å². The number of aryl methyl sites for hydroxylation is 2. The van der Waals surface area contributed by atoms with Crippen LogP contribution < -0.4 is 0 Å². The molecule has 0 aliphatic heterocycles. The molecule has 0 saturated carbocycles. The zero-order valence-electron chi connectivity index (χ0n) is 24.0. The normalized spacial score (nSPS) is 14.4. The first kappa shape index (κ1) is 43.5. The molecule has 0 aromatic carbocycles. The van der Waals surface area contributed by atoms with Crippen molar-refractivity contribution in [1.82, 2.24) is 40.0 Å². The van der Waals surface area contributed by atoms with Crippen LogP contribution in [0.4, 0.5) is 50.4 Å². The SMILES string of the molecule is Cn1cc(C=NCCc2ccccn2)nn1.Cn1cc(C=NCCc2ccccn2)nn1.F[P-](F)(F)(F)(F)F.F[P-](F)(F)(F)(F)F.[Fe+2]. The molecule has 0 unspecified atom stereocenters. The molecule has 0 aliphatic carbocycles. The fourth-order valence-electron chi connectivity index (χ4n) is 2.62. The van der Waals surface area contributed by atoms with Gasteiger partial charge in [-0.1, -0.05) is 22.6 Å². The number of nitrogens with zero attached hydrogens (tertiary/aromatic N) is 10. The van der Waals surface area contributed by atoms with E-state index in [2.05, 4.69) is 40.6 Å². The van der Waals surface area contributed by atoms with Gasteiger partial charge in [-0.2, -0.15) is 0 Å². The minimum absolute atomic E-state index is 0. The molecule has 0 aliphatic rings. The summed E-state index contributed by atoms with van der Waals surface area (Å²) in [6.45, 7) is 1.43. The molecule has 25 heteroatoms. The number of hydrogen-bond acceptors (Lipinski definition) is 8. The maximum absolute atomic E-state index is 10.7. The van der Waals surface area contributed by atoms with E-state index in [1.807, 2.05) is 62.9 Å². The zero-order chi connectivity index (χ0) is 35.3. The summed E-state index contributed by atoms with van der Waals surface area (Å²) in [6, 6.07) is 11.8. The number of halogens is 12. The van der Waals surface area contributed by atoms with Crippen LogP contribution in [0.2, 0.25) is 0 Å². The number of rotatable bonds is 8. The van der Waals surface area contributed by atoms with Gasteiger partial charge in [-0.3, -0.25) is 29.3 Å². The second kappa shape index (κ2) is 15.6. The van der Waals surface area contributed by atoms with Gasteiger partial charge in [0.2, 0.25) is 0 Å². The molecule has 0 radical (unpaired) electrons. The Kier molecular flexibility index (Phi) is 14.4. The van der Waals surface area contributed by atoms with Crippen LogP contribution in [0, 0.1) is 0 Å². The Labute approximate surface area is 269 Å². The molecule has 0 N–H and O–H groups in total. The largest absolute Gasteiger partial charge is 2.00 e. The van der Waals surface area contributed by atoms with E-state index in [9.17, 15) is 50.4 Å². The van der Waals surface area contributed by atoms with Crippen molar-refractivity contribution in [2.75, 3.05) is 13.1 Å². The summed E-state index contributed by atoms with van der Waals surface area (Å²) in [6.07, 6.45) is 12.4. The van der Waals surface area contributed by atoms with E-state index in [0.717, 1.165) is 35.6 Å². The maximum Gasteiger partial charge on any atom is 2.00 e. The van der Waals surface area contributed by atoms with Crippen molar-refractivity contribution in [3.8, 4) is 0 Å². The minimum Gasteiger partial charge on any atom is 2.00 e. The van der Waals surface area contributed by atoms with Crippen LogP contribution >= 0.6 is 15.6 Å². The molecule has 0 fully saturated rings. The van der Waals surface area contributed by atoms with Gasteiger partial charge in [0, 0.05) is 63.8 Å². The predicted octanol–water partition coefficient (Wildman–Crippen LogP) is 8.51. The van der Waals surface area contributed by atoms with Gasteiger partial charge in [0.1, 0.15) is 11.4 Å². The molecule has 266 valence electrons. The van der Waals surface area contributed by atoms with Gasteiger partial charge in [-0.05, 0) is 24.3 Å². The second-order valence-corrected chi connectivity index (χ2v) is 12.6. The van der Waals surface area contributed by atoms with Gasteiger partial charge in [0.25, 0.3) is 0 Å². The molecule has 4 aromatic rings. The first-order valence-corrected chi connectivity index (χ1v) is 16.3. The average molecular weight is 776 g/mol. The Morgan fingerprint density at radius 1 is 0.596 bits per heavy atom. The standard InChI is InChI=1S/2C11H13N5.2F6P.Fe/c2*1-16-9-11(14-15-16)8-12-7-5-10-4-2-3-6-13-10;2*1-7(2,3,4,5)6;/h2*2-4,6,8-9H,5,7H2,1H3;;;/q;;2*-1;+2. The van der Waals surface area contributed by atoms with Gasteiger partial charge in [-0.15, -0.1) is 10.2 Å². The molecule has 4 rings (SSSR count). The van der Waals surface area contributed by atoms with Gasteiger partial charge in [0.05, 0.1) is 24.8 Å². The van der Waals surface area contributed by atoms with E-state index < -0.39 is 15.6 Å². The Morgan fingerprint density at radius 3 is 1.15 bits per heavy atom. The van der Waals surface area contributed by atoms with E-state index >= 15 is 0 Å². The molecular formula is C22H26F12FeN10P2. The zero-order valence-corrected chi connectivity index (χ0v) is 26.9. The van der Waals surface area contributed by atoms with Crippen molar-refractivity contribution in [2.24, 2.45) is 24.1 Å². The smallest absolute Gasteiger partial charge is 2.00 e. The molecule has 10 nitrogen and oxygen atoms in total. The van der Waals surface area contributed by atoms with Crippen LogP contribution in [-0.4, -0.2) is 65.5 Å². The Morgan fingerprint density at radius 2 is 0.915 bits per heavy atom. The van der Waals surface area contributed by atoms with E-state index in [1.54, 1.807) is 34.2 Å². The molecule has 0 saturated heterocycles. The molecule has 0 atom stereocenters. The van der Waals surface area contributed by atoms with Crippen LogP contribution in [0.5, 0.6) is 0 Å². The van der Waals surface area contributed by atoms with Gasteiger partial charge < -0.3 is 0 Å². The van der Waals surface area contributed by atoms with E-state index in [4.69, 9.17) is 0 Å². The van der Waals surface area contributed by atoms with E-state index in [-0.39, 0.29) is 17.1 Å². The van der Waals surface area contributed by atoms with Crippen LogP contribution in [0.25, 0.3) is 0 Å². The van der Waals surface area contributed by atoms with E-state index in [1.165, 1.54) is 0 Å². The van der Waals surface area contributed by atoms with Gasteiger partial charge in [-0.25, -0.2) is 0 Å². The third-order valence-electron chi connectivity index (χ3n) is 4.13. The molecular weight excluding hydrogens is 750 g/mol. The Bertz CT molecular complexity index is 1410. The Balaban J connectivity index is 0.000000643.